The number of hydrogen-bond donors (Lipinski definition) is 3. The number of carbonyl (C=O) groups is 3. The lowest BCUT2D eigenvalue weighted by atomic mass is 9.66. The average Bonchev–Trinajstić information content (AvgIpc) is 3.51. The Kier molecular flexibility index (Phi) is 8.38. The highest BCUT2D eigenvalue weighted by Gasteiger charge is 2.77. The highest BCUT2D eigenvalue weighted by Crippen LogP contribution is 2.71. The number of nitrogens with zero attached hydrogens (tertiary/aromatic N) is 1. The number of thioether (sulfide) groups is 1. The molecule has 3 N–H and O–H groups in total. The molecule has 9 heteroatoms. The zero-order chi connectivity index (χ0) is 30.4. The summed E-state index contributed by atoms with van der Waals surface area (Å²) in [6.45, 7) is 12.3. The second kappa shape index (κ2) is 11.6. The molecule has 1 spiro atoms. The lowest BCUT2D eigenvalue weighted by molar-refractivity contribution is -0.142. The molecule has 0 aromatic heterocycles. The van der Waals surface area contributed by atoms with Crippen LogP contribution in [-0.2, 0) is 14.4 Å². The predicted molar refractivity (Wildman–Crippen MR) is 167 cm³/mol. The zero-order valence-corrected chi connectivity index (χ0v) is 26.2. The van der Waals surface area contributed by atoms with Crippen LogP contribution in [0.5, 0.6) is 5.75 Å². The van der Waals surface area contributed by atoms with E-state index in [0.29, 0.717) is 25.1 Å². The minimum atomic E-state index is -0.806. The van der Waals surface area contributed by atoms with Crippen LogP contribution in [0.4, 0.5) is 11.4 Å². The Balaban J connectivity index is 1.52. The van der Waals surface area contributed by atoms with E-state index < -0.39 is 33.4 Å². The number of anilines is 2. The molecule has 3 heterocycles. The Morgan fingerprint density at radius 3 is 2.33 bits per heavy atom. The van der Waals surface area contributed by atoms with Gasteiger partial charge in [0.15, 0.2) is 0 Å². The molecule has 3 aliphatic heterocycles. The van der Waals surface area contributed by atoms with Crippen molar-refractivity contribution in [3.63, 3.8) is 0 Å². The summed E-state index contributed by atoms with van der Waals surface area (Å²) in [5, 5.41) is 16.7. The molecule has 2 aromatic carbocycles. The number of rotatable bonds is 10. The number of ether oxygens (including phenoxy) is 1. The third kappa shape index (κ3) is 5.08. The molecule has 2 aromatic rings. The number of aliphatic hydroxyl groups excluding tert-OH is 1. The van der Waals surface area contributed by atoms with Crippen LogP contribution in [0.3, 0.4) is 0 Å². The van der Waals surface area contributed by atoms with Crippen molar-refractivity contribution in [2.75, 3.05) is 23.8 Å². The molecule has 2 unspecified atom stereocenters. The number of nitrogens with one attached hydrogen (secondary N) is 2. The molecular weight excluding hydrogens is 550 g/mol. The van der Waals surface area contributed by atoms with Crippen LogP contribution in [0.25, 0.3) is 0 Å². The number of benzene rings is 2. The summed E-state index contributed by atoms with van der Waals surface area (Å²) >= 11 is 1.63. The SMILES string of the molecule is CCOc1ccc(NC(=O)[C@H]2[C@H]3C(=O)N([C@@H](CO)CC(C)C)C(C(=O)Nc4c(C)cccc4C)C34CC[C@]2(C)S4)cc1. The number of amides is 3. The van der Waals surface area contributed by atoms with Gasteiger partial charge in [0.25, 0.3) is 0 Å². The van der Waals surface area contributed by atoms with E-state index in [9.17, 15) is 19.5 Å². The van der Waals surface area contributed by atoms with Gasteiger partial charge in [-0.25, -0.2) is 0 Å². The summed E-state index contributed by atoms with van der Waals surface area (Å²) in [6, 6.07) is 11.8. The van der Waals surface area contributed by atoms with Gasteiger partial charge in [0.2, 0.25) is 17.7 Å². The first-order valence-electron chi connectivity index (χ1n) is 15.0. The summed E-state index contributed by atoms with van der Waals surface area (Å²) in [5.74, 6) is -1.04. The number of aryl methyl sites for hydroxylation is 2. The quantitative estimate of drug-likeness (QED) is 0.351. The van der Waals surface area contributed by atoms with Gasteiger partial charge in [0, 0.05) is 16.1 Å². The molecule has 3 saturated heterocycles. The number of likely N-dealkylation sites (tertiary alicyclic amines) is 1. The Labute approximate surface area is 253 Å². The van der Waals surface area contributed by atoms with Crippen LogP contribution in [-0.4, -0.2) is 62.5 Å². The summed E-state index contributed by atoms with van der Waals surface area (Å²) in [4.78, 5) is 44.5. The Morgan fingerprint density at radius 1 is 1.07 bits per heavy atom. The van der Waals surface area contributed by atoms with Crippen LogP contribution in [0.15, 0.2) is 42.5 Å². The minimum absolute atomic E-state index is 0.204. The van der Waals surface area contributed by atoms with Gasteiger partial charge in [-0.05, 0) is 88.3 Å². The number of carbonyl (C=O) groups excluding carboxylic acids is 3. The summed E-state index contributed by atoms with van der Waals surface area (Å²) < 4.78 is 4.27. The summed E-state index contributed by atoms with van der Waals surface area (Å²) in [7, 11) is 0. The Morgan fingerprint density at radius 2 is 1.74 bits per heavy atom. The summed E-state index contributed by atoms with van der Waals surface area (Å²) in [6.07, 6.45) is 1.93. The van der Waals surface area contributed by atoms with Crippen molar-refractivity contribution in [1.29, 1.82) is 0 Å². The molecule has 0 radical (unpaired) electrons. The maximum atomic E-state index is 14.5. The maximum absolute atomic E-state index is 14.5. The number of aliphatic hydroxyl groups is 1. The molecule has 6 atom stereocenters. The van der Waals surface area contributed by atoms with Gasteiger partial charge in [-0.15, -0.1) is 11.8 Å². The van der Waals surface area contributed by atoms with Crippen molar-refractivity contribution in [2.24, 2.45) is 17.8 Å². The number of para-hydroxylation sites is 1. The second-order valence-electron chi connectivity index (χ2n) is 12.6. The van der Waals surface area contributed by atoms with E-state index >= 15 is 0 Å². The van der Waals surface area contributed by atoms with Crippen molar-refractivity contribution in [3.8, 4) is 5.75 Å². The van der Waals surface area contributed by atoms with Crippen LogP contribution < -0.4 is 15.4 Å². The average molecular weight is 594 g/mol. The fourth-order valence-corrected chi connectivity index (χ4v) is 9.84. The molecule has 5 rings (SSSR count). The molecule has 3 amide bonds. The fourth-order valence-electron chi connectivity index (χ4n) is 7.50. The van der Waals surface area contributed by atoms with Crippen LogP contribution in [0.1, 0.15) is 58.1 Å². The van der Waals surface area contributed by atoms with E-state index in [1.165, 1.54) is 0 Å². The standard InChI is InChI=1S/C33H43N3O5S/c1-7-41-24-13-11-22(12-14-24)34-29(38)25-26-31(40)36(23(18-37)17-19(2)3)28(33(26)16-15-32(25,6)42-33)30(39)35-27-20(4)9-8-10-21(27)5/h8-14,19,23,25-26,28,37H,7,15-18H2,1-6H3,(H,34,38)(H,35,39)/t23-,25-,26+,28?,32+,33?/m1/s1. The third-order valence-electron chi connectivity index (χ3n) is 9.26. The predicted octanol–water partition coefficient (Wildman–Crippen LogP) is 5.17. The molecular formula is C33H43N3O5S. The first-order chi connectivity index (χ1) is 20.0. The van der Waals surface area contributed by atoms with E-state index in [4.69, 9.17) is 4.74 Å². The van der Waals surface area contributed by atoms with Gasteiger partial charge < -0.3 is 25.4 Å². The second-order valence-corrected chi connectivity index (χ2v) is 14.5. The Hall–Kier alpha value is -3.04. The molecule has 3 aliphatic rings. The minimum Gasteiger partial charge on any atom is -0.494 e. The normalized spacial score (nSPS) is 28.6. The fraction of sp³-hybridized carbons (Fsp3) is 0.545. The van der Waals surface area contributed by atoms with E-state index in [0.717, 1.165) is 29.0 Å². The highest BCUT2D eigenvalue weighted by atomic mass is 32.2. The zero-order valence-electron chi connectivity index (χ0n) is 25.4. The monoisotopic (exact) mass is 593 g/mol. The first-order valence-corrected chi connectivity index (χ1v) is 15.8. The van der Waals surface area contributed by atoms with Crippen LogP contribution >= 0.6 is 11.8 Å². The molecule has 42 heavy (non-hydrogen) atoms. The highest BCUT2D eigenvalue weighted by molar-refractivity contribution is 8.02. The van der Waals surface area contributed by atoms with E-state index in [1.54, 1.807) is 28.8 Å². The Bertz CT molecular complexity index is 1340. The van der Waals surface area contributed by atoms with Crippen molar-refractivity contribution in [3.05, 3.63) is 53.6 Å². The van der Waals surface area contributed by atoms with E-state index in [2.05, 4.69) is 17.6 Å². The van der Waals surface area contributed by atoms with Gasteiger partial charge in [0.1, 0.15) is 11.8 Å². The molecule has 0 saturated carbocycles. The molecule has 8 nitrogen and oxygen atoms in total. The van der Waals surface area contributed by atoms with Crippen molar-refractivity contribution in [2.45, 2.75) is 82.4 Å². The van der Waals surface area contributed by atoms with Crippen LogP contribution in [0.2, 0.25) is 0 Å². The van der Waals surface area contributed by atoms with E-state index in [-0.39, 0.29) is 30.2 Å². The molecule has 226 valence electrons. The van der Waals surface area contributed by atoms with Gasteiger partial charge in [-0.1, -0.05) is 32.0 Å². The van der Waals surface area contributed by atoms with Gasteiger partial charge >= 0.3 is 0 Å². The lowest BCUT2D eigenvalue weighted by Gasteiger charge is -2.37. The van der Waals surface area contributed by atoms with Crippen molar-refractivity contribution < 1.29 is 24.2 Å². The van der Waals surface area contributed by atoms with Gasteiger partial charge in [0.05, 0.1) is 35.8 Å². The first kappa shape index (κ1) is 30.4. The molecule has 3 fully saturated rings. The van der Waals surface area contributed by atoms with Gasteiger partial charge in [-0.2, -0.15) is 0 Å². The molecule has 2 bridgehead atoms. The maximum Gasteiger partial charge on any atom is 0.248 e. The smallest absolute Gasteiger partial charge is 0.248 e. The third-order valence-corrected chi connectivity index (χ3v) is 11.2. The number of fused-ring (bicyclic) bond motifs is 1. The topological polar surface area (TPSA) is 108 Å². The van der Waals surface area contributed by atoms with Gasteiger partial charge in [-0.3, -0.25) is 14.4 Å². The van der Waals surface area contributed by atoms with Crippen molar-refractivity contribution in [1.82, 2.24) is 4.90 Å². The lowest BCUT2D eigenvalue weighted by Crippen LogP contribution is -2.55. The number of hydrogen-bond acceptors (Lipinski definition) is 6. The van der Waals surface area contributed by atoms with E-state index in [1.807, 2.05) is 65.0 Å². The van der Waals surface area contributed by atoms with Crippen molar-refractivity contribution >= 4 is 40.9 Å². The van der Waals surface area contributed by atoms with Crippen LogP contribution in [0, 0.1) is 31.6 Å². The molecule has 0 aliphatic carbocycles. The largest absolute Gasteiger partial charge is 0.494 e. The summed E-state index contributed by atoms with van der Waals surface area (Å²) in [5.41, 5.74) is 3.26.